The number of alkyl carbamates (subject to hydrolysis) is 1. The quantitative estimate of drug-likeness (QED) is 0.805. The Balaban J connectivity index is 2.86. The normalized spacial score (nSPS) is 18.2. The SMILES string of the molecule is CCOC(=O)NC1(C(=O)O[Si](C)(C)C(C)(C)C)CCCC1. The van der Waals surface area contributed by atoms with E-state index in [-0.39, 0.29) is 11.0 Å². The molecule has 21 heavy (non-hydrogen) atoms. The van der Waals surface area contributed by atoms with Gasteiger partial charge in [0.05, 0.1) is 6.61 Å². The maximum absolute atomic E-state index is 12.7. The van der Waals surface area contributed by atoms with Crippen LogP contribution >= 0.6 is 0 Å². The first-order valence-corrected chi connectivity index (χ1v) is 10.6. The fraction of sp³-hybridized carbons (Fsp3) is 0.867. The molecule has 0 atom stereocenters. The monoisotopic (exact) mass is 315 g/mol. The van der Waals surface area contributed by atoms with Gasteiger partial charge in [-0.05, 0) is 37.9 Å². The van der Waals surface area contributed by atoms with Crippen molar-refractivity contribution in [3.63, 3.8) is 0 Å². The molecule has 0 heterocycles. The van der Waals surface area contributed by atoms with Crippen molar-refractivity contribution in [2.45, 2.75) is 77.0 Å². The fourth-order valence-corrected chi connectivity index (χ4v) is 3.17. The first-order chi connectivity index (χ1) is 9.54. The van der Waals surface area contributed by atoms with E-state index in [1.807, 2.05) is 13.1 Å². The van der Waals surface area contributed by atoms with Gasteiger partial charge in [0.2, 0.25) is 0 Å². The summed E-state index contributed by atoms with van der Waals surface area (Å²) in [5.74, 6) is -0.292. The van der Waals surface area contributed by atoms with Crippen molar-refractivity contribution < 1.29 is 18.8 Å². The van der Waals surface area contributed by atoms with Crippen molar-refractivity contribution in [1.29, 1.82) is 0 Å². The minimum absolute atomic E-state index is 0.0492. The summed E-state index contributed by atoms with van der Waals surface area (Å²) < 4.78 is 10.8. The predicted molar refractivity (Wildman–Crippen MR) is 84.6 cm³/mol. The lowest BCUT2D eigenvalue weighted by molar-refractivity contribution is -0.142. The molecule has 1 saturated carbocycles. The molecule has 6 heteroatoms. The average Bonchev–Trinajstić information content (AvgIpc) is 2.76. The number of carbonyl (C=O) groups is 2. The van der Waals surface area contributed by atoms with Crippen LogP contribution in [0.15, 0.2) is 0 Å². The molecule has 0 aromatic rings. The third-order valence-electron chi connectivity index (χ3n) is 4.62. The standard InChI is InChI=1S/C15H29NO4Si/c1-7-19-13(18)16-15(10-8-9-11-15)12(17)20-21(5,6)14(2,3)4/h7-11H2,1-6H3,(H,16,18). The molecule has 0 radical (unpaired) electrons. The van der Waals surface area contributed by atoms with Gasteiger partial charge in [0.1, 0.15) is 5.54 Å². The zero-order chi connectivity index (χ0) is 16.3. The Morgan fingerprint density at radius 2 is 1.71 bits per heavy atom. The number of ether oxygens (including phenoxy) is 1. The van der Waals surface area contributed by atoms with E-state index in [4.69, 9.17) is 9.16 Å². The van der Waals surface area contributed by atoms with Crippen LogP contribution in [0.2, 0.25) is 18.1 Å². The zero-order valence-electron chi connectivity index (χ0n) is 14.2. The summed E-state index contributed by atoms with van der Waals surface area (Å²) in [6.45, 7) is 12.4. The second kappa shape index (κ2) is 6.38. The summed E-state index contributed by atoms with van der Waals surface area (Å²) in [7, 11) is -2.19. The third kappa shape index (κ3) is 4.22. The molecule has 5 nitrogen and oxygen atoms in total. The highest BCUT2D eigenvalue weighted by molar-refractivity contribution is 6.75. The summed E-state index contributed by atoms with van der Waals surface area (Å²) in [6.07, 6.45) is 2.54. The Hall–Kier alpha value is -1.04. The van der Waals surface area contributed by atoms with Crippen molar-refractivity contribution in [2.24, 2.45) is 0 Å². The Labute approximate surface area is 128 Å². The number of rotatable bonds is 4. The van der Waals surface area contributed by atoms with Gasteiger partial charge in [0.15, 0.2) is 0 Å². The highest BCUT2D eigenvalue weighted by Gasteiger charge is 2.49. The maximum Gasteiger partial charge on any atom is 0.408 e. The molecule has 0 saturated heterocycles. The van der Waals surface area contributed by atoms with Crippen LogP contribution in [0.25, 0.3) is 0 Å². The predicted octanol–water partition coefficient (Wildman–Crippen LogP) is 3.59. The van der Waals surface area contributed by atoms with Crippen LogP contribution < -0.4 is 5.32 Å². The topological polar surface area (TPSA) is 64.6 Å². The highest BCUT2D eigenvalue weighted by atomic mass is 28.4. The van der Waals surface area contributed by atoms with Gasteiger partial charge >= 0.3 is 12.1 Å². The molecule has 0 aromatic heterocycles. The van der Waals surface area contributed by atoms with Crippen LogP contribution in [0, 0.1) is 0 Å². The molecule has 1 aliphatic rings. The average molecular weight is 315 g/mol. The first-order valence-electron chi connectivity index (χ1n) is 7.72. The smallest absolute Gasteiger partial charge is 0.408 e. The Morgan fingerprint density at radius 3 is 2.14 bits per heavy atom. The lowest BCUT2D eigenvalue weighted by Gasteiger charge is -2.39. The van der Waals surface area contributed by atoms with Crippen LogP contribution in [0.1, 0.15) is 53.4 Å². The van der Waals surface area contributed by atoms with Gasteiger partial charge in [-0.25, -0.2) is 4.79 Å². The van der Waals surface area contributed by atoms with Crippen LogP contribution in [-0.2, 0) is 14.0 Å². The van der Waals surface area contributed by atoms with Gasteiger partial charge in [-0.2, -0.15) is 0 Å². The fourth-order valence-electron chi connectivity index (χ4n) is 2.20. The van der Waals surface area contributed by atoms with E-state index in [0.29, 0.717) is 19.4 Å². The molecule has 1 rings (SSSR count). The van der Waals surface area contributed by atoms with Crippen molar-refractivity contribution in [1.82, 2.24) is 5.32 Å². The van der Waals surface area contributed by atoms with Crippen molar-refractivity contribution in [3.8, 4) is 0 Å². The minimum Gasteiger partial charge on any atom is -0.517 e. The molecule has 1 amide bonds. The molecule has 0 aromatic carbocycles. The number of hydrogen-bond acceptors (Lipinski definition) is 4. The summed E-state index contributed by atoms with van der Waals surface area (Å²) in [6, 6.07) is 0. The summed E-state index contributed by atoms with van der Waals surface area (Å²) in [4.78, 5) is 24.5. The van der Waals surface area contributed by atoms with E-state index in [1.54, 1.807) is 6.92 Å². The molecular formula is C15H29NO4Si. The molecule has 0 spiro atoms. The molecule has 122 valence electrons. The van der Waals surface area contributed by atoms with Crippen molar-refractivity contribution in [3.05, 3.63) is 0 Å². The van der Waals surface area contributed by atoms with E-state index in [2.05, 4.69) is 26.1 Å². The number of hydrogen-bond donors (Lipinski definition) is 1. The van der Waals surface area contributed by atoms with E-state index in [0.717, 1.165) is 12.8 Å². The number of amides is 1. The second-order valence-corrected chi connectivity index (χ2v) is 12.0. The highest BCUT2D eigenvalue weighted by Crippen LogP contribution is 2.39. The van der Waals surface area contributed by atoms with Gasteiger partial charge in [0.25, 0.3) is 8.32 Å². The molecule has 1 aliphatic carbocycles. The molecule has 1 N–H and O–H groups in total. The minimum atomic E-state index is -2.19. The van der Waals surface area contributed by atoms with Crippen molar-refractivity contribution >= 4 is 20.4 Å². The van der Waals surface area contributed by atoms with Gasteiger partial charge in [-0.1, -0.05) is 33.6 Å². The van der Waals surface area contributed by atoms with Crippen molar-refractivity contribution in [2.75, 3.05) is 6.61 Å². The van der Waals surface area contributed by atoms with E-state index >= 15 is 0 Å². The summed E-state index contributed by atoms with van der Waals surface area (Å²) in [5.41, 5.74) is -0.901. The largest absolute Gasteiger partial charge is 0.517 e. The number of nitrogens with one attached hydrogen (secondary N) is 1. The van der Waals surface area contributed by atoms with Gasteiger partial charge < -0.3 is 14.5 Å². The molecule has 0 unspecified atom stereocenters. The lowest BCUT2D eigenvalue weighted by atomic mass is 9.98. The Kier molecular flexibility index (Phi) is 5.47. The number of carbonyl (C=O) groups excluding carboxylic acids is 2. The van der Waals surface area contributed by atoms with Crippen LogP contribution in [0.5, 0.6) is 0 Å². The van der Waals surface area contributed by atoms with Crippen LogP contribution in [0.4, 0.5) is 4.79 Å². The second-order valence-electron chi connectivity index (χ2n) is 7.28. The molecule has 0 bridgehead atoms. The Morgan fingerprint density at radius 1 is 1.19 bits per heavy atom. The van der Waals surface area contributed by atoms with E-state index in [9.17, 15) is 9.59 Å². The van der Waals surface area contributed by atoms with Crippen LogP contribution in [-0.4, -0.2) is 32.5 Å². The maximum atomic E-state index is 12.7. The molecule has 0 aliphatic heterocycles. The van der Waals surface area contributed by atoms with Gasteiger partial charge in [-0.15, -0.1) is 0 Å². The molecule has 1 fully saturated rings. The van der Waals surface area contributed by atoms with E-state index < -0.39 is 19.9 Å². The summed E-state index contributed by atoms with van der Waals surface area (Å²) >= 11 is 0. The summed E-state index contributed by atoms with van der Waals surface area (Å²) in [5, 5.41) is 2.70. The molecular weight excluding hydrogens is 286 g/mol. The third-order valence-corrected chi connectivity index (χ3v) is 8.93. The van der Waals surface area contributed by atoms with Gasteiger partial charge in [0, 0.05) is 0 Å². The Bertz CT molecular complexity index is 395. The van der Waals surface area contributed by atoms with Crippen LogP contribution in [0.3, 0.4) is 0 Å². The first kappa shape index (κ1) is 18.0. The van der Waals surface area contributed by atoms with E-state index in [1.165, 1.54) is 0 Å². The zero-order valence-corrected chi connectivity index (χ0v) is 15.2. The lowest BCUT2D eigenvalue weighted by Crippen LogP contribution is -2.57. The van der Waals surface area contributed by atoms with Gasteiger partial charge in [-0.3, -0.25) is 4.79 Å².